The standard InChI is InChI=1S/C13H21ClN2O2S/c1-13(2,3)7-8-15-10-5-6-12(11(14)9-10)16-19(4,17)18/h5-6,9,15-16H,7-8H2,1-4H3. The zero-order chi connectivity index (χ0) is 14.7. The number of nitrogens with one attached hydrogen (secondary N) is 2. The van der Waals surface area contributed by atoms with E-state index >= 15 is 0 Å². The first kappa shape index (κ1) is 16.1. The Hall–Kier alpha value is -0.940. The van der Waals surface area contributed by atoms with Gasteiger partial charge in [0.2, 0.25) is 10.0 Å². The lowest BCUT2D eigenvalue weighted by Gasteiger charge is -2.18. The fourth-order valence-corrected chi connectivity index (χ4v) is 2.35. The SMILES string of the molecule is CC(C)(C)CCNc1ccc(NS(C)(=O)=O)c(Cl)c1. The van der Waals surface area contributed by atoms with Gasteiger partial charge in [-0.15, -0.1) is 0 Å². The summed E-state index contributed by atoms with van der Waals surface area (Å²) in [5.74, 6) is 0. The predicted molar refractivity (Wildman–Crippen MR) is 82.5 cm³/mol. The molecule has 19 heavy (non-hydrogen) atoms. The van der Waals surface area contributed by atoms with Crippen molar-refractivity contribution in [2.24, 2.45) is 5.41 Å². The van der Waals surface area contributed by atoms with Gasteiger partial charge in [0.1, 0.15) is 0 Å². The van der Waals surface area contributed by atoms with Crippen LogP contribution in [0.5, 0.6) is 0 Å². The summed E-state index contributed by atoms with van der Waals surface area (Å²) in [5, 5.41) is 3.65. The van der Waals surface area contributed by atoms with Crippen molar-refractivity contribution in [2.45, 2.75) is 27.2 Å². The van der Waals surface area contributed by atoms with Crippen LogP contribution in [0.2, 0.25) is 5.02 Å². The van der Waals surface area contributed by atoms with Crippen molar-refractivity contribution in [1.82, 2.24) is 0 Å². The van der Waals surface area contributed by atoms with Crippen molar-refractivity contribution in [3.05, 3.63) is 23.2 Å². The van der Waals surface area contributed by atoms with Crippen molar-refractivity contribution in [2.75, 3.05) is 22.8 Å². The highest BCUT2D eigenvalue weighted by Gasteiger charge is 2.10. The van der Waals surface area contributed by atoms with Crippen molar-refractivity contribution in [3.8, 4) is 0 Å². The van der Waals surface area contributed by atoms with Crippen LogP contribution in [-0.4, -0.2) is 21.2 Å². The van der Waals surface area contributed by atoms with E-state index < -0.39 is 10.0 Å². The molecule has 108 valence electrons. The number of hydrogen-bond acceptors (Lipinski definition) is 3. The van der Waals surface area contributed by atoms with E-state index in [0.717, 1.165) is 24.9 Å². The van der Waals surface area contributed by atoms with E-state index in [1.807, 2.05) is 6.07 Å². The second-order valence-electron chi connectivity index (χ2n) is 5.81. The molecule has 0 saturated carbocycles. The van der Waals surface area contributed by atoms with Crippen LogP contribution in [0.1, 0.15) is 27.2 Å². The van der Waals surface area contributed by atoms with E-state index in [-0.39, 0.29) is 5.41 Å². The molecule has 0 radical (unpaired) electrons. The van der Waals surface area contributed by atoms with Gasteiger partial charge in [-0.3, -0.25) is 4.72 Å². The topological polar surface area (TPSA) is 58.2 Å². The minimum absolute atomic E-state index is 0.272. The van der Waals surface area contributed by atoms with Crippen LogP contribution < -0.4 is 10.0 Å². The molecule has 0 bridgehead atoms. The normalized spacial score (nSPS) is 12.3. The molecule has 0 saturated heterocycles. The molecule has 0 fully saturated rings. The Kier molecular flexibility index (Phi) is 5.10. The molecule has 6 heteroatoms. The van der Waals surface area contributed by atoms with Gasteiger partial charge >= 0.3 is 0 Å². The molecule has 1 aromatic rings. The molecular formula is C13H21ClN2O2S. The summed E-state index contributed by atoms with van der Waals surface area (Å²) >= 11 is 6.04. The van der Waals surface area contributed by atoms with Gasteiger partial charge in [0, 0.05) is 12.2 Å². The molecule has 0 aliphatic rings. The average Bonchev–Trinajstić information content (AvgIpc) is 2.18. The molecule has 0 amide bonds. The Morgan fingerprint density at radius 1 is 1.26 bits per heavy atom. The zero-order valence-corrected chi connectivity index (χ0v) is 13.3. The number of halogens is 1. The number of anilines is 2. The lowest BCUT2D eigenvalue weighted by atomic mass is 9.92. The van der Waals surface area contributed by atoms with E-state index in [1.54, 1.807) is 12.1 Å². The Morgan fingerprint density at radius 3 is 2.37 bits per heavy atom. The first-order valence-corrected chi connectivity index (χ1v) is 8.35. The second-order valence-corrected chi connectivity index (χ2v) is 7.96. The van der Waals surface area contributed by atoms with Gasteiger partial charge in [-0.2, -0.15) is 0 Å². The van der Waals surface area contributed by atoms with Gasteiger partial charge in [-0.1, -0.05) is 32.4 Å². The van der Waals surface area contributed by atoms with Gasteiger partial charge in [-0.05, 0) is 30.0 Å². The van der Waals surface area contributed by atoms with Crippen molar-refractivity contribution >= 4 is 33.0 Å². The number of hydrogen-bond donors (Lipinski definition) is 2. The Labute approximate surface area is 120 Å². The highest BCUT2D eigenvalue weighted by Crippen LogP contribution is 2.26. The average molecular weight is 305 g/mol. The molecule has 0 aliphatic carbocycles. The van der Waals surface area contributed by atoms with Crippen LogP contribution in [0.4, 0.5) is 11.4 Å². The molecule has 0 atom stereocenters. The molecule has 0 aliphatic heterocycles. The van der Waals surface area contributed by atoms with Crippen LogP contribution in [0, 0.1) is 5.41 Å². The summed E-state index contributed by atoms with van der Waals surface area (Å²) < 4.78 is 24.6. The molecule has 1 aromatic carbocycles. The van der Waals surface area contributed by atoms with Crippen LogP contribution in [0.3, 0.4) is 0 Å². The van der Waals surface area contributed by atoms with Gasteiger partial charge in [0.05, 0.1) is 17.0 Å². The Balaban J connectivity index is 2.67. The Morgan fingerprint density at radius 2 is 1.89 bits per heavy atom. The first-order chi connectivity index (χ1) is 8.57. The molecule has 0 unspecified atom stereocenters. The molecule has 0 spiro atoms. The van der Waals surface area contributed by atoms with Crippen molar-refractivity contribution < 1.29 is 8.42 Å². The summed E-state index contributed by atoms with van der Waals surface area (Å²) in [6, 6.07) is 5.18. The molecular weight excluding hydrogens is 284 g/mol. The molecule has 1 rings (SSSR count). The van der Waals surface area contributed by atoms with E-state index in [0.29, 0.717) is 10.7 Å². The van der Waals surface area contributed by atoms with Crippen molar-refractivity contribution in [1.29, 1.82) is 0 Å². The molecule has 4 nitrogen and oxygen atoms in total. The van der Waals surface area contributed by atoms with Crippen LogP contribution in [0.15, 0.2) is 18.2 Å². The molecule has 2 N–H and O–H groups in total. The smallest absolute Gasteiger partial charge is 0.229 e. The summed E-state index contributed by atoms with van der Waals surface area (Å²) in [6.07, 6.45) is 2.13. The van der Waals surface area contributed by atoms with E-state index in [9.17, 15) is 8.42 Å². The first-order valence-electron chi connectivity index (χ1n) is 6.08. The summed E-state index contributed by atoms with van der Waals surface area (Å²) in [4.78, 5) is 0. The maximum atomic E-state index is 11.1. The molecule has 0 aromatic heterocycles. The van der Waals surface area contributed by atoms with Gasteiger partial charge < -0.3 is 5.32 Å². The van der Waals surface area contributed by atoms with Crippen LogP contribution in [-0.2, 0) is 10.0 Å². The summed E-state index contributed by atoms with van der Waals surface area (Å²) in [7, 11) is -3.30. The Bertz CT molecular complexity index is 536. The minimum Gasteiger partial charge on any atom is -0.385 e. The van der Waals surface area contributed by atoms with Crippen molar-refractivity contribution in [3.63, 3.8) is 0 Å². The van der Waals surface area contributed by atoms with Gasteiger partial charge in [-0.25, -0.2) is 8.42 Å². The quantitative estimate of drug-likeness (QED) is 0.874. The number of benzene rings is 1. The maximum absolute atomic E-state index is 11.1. The third-order valence-electron chi connectivity index (χ3n) is 2.47. The third kappa shape index (κ3) is 6.68. The van der Waals surface area contributed by atoms with Crippen LogP contribution >= 0.6 is 11.6 Å². The fraction of sp³-hybridized carbons (Fsp3) is 0.538. The largest absolute Gasteiger partial charge is 0.385 e. The van der Waals surface area contributed by atoms with E-state index in [1.165, 1.54) is 0 Å². The highest BCUT2D eigenvalue weighted by molar-refractivity contribution is 7.92. The lowest BCUT2D eigenvalue weighted by molar-refractivity contribution is 0.390. The molecule has 0 heterocycles. The van der Waals surface area contributed by atoms with Crippen LogP contribution in [0.25, 0.3) is 0 Å². The number of rotatable bonds is 5. The van der Waals surface area contributed by atoms with Gasteiger partial charge in [0.25, 0.3) is 0 Å². The monoisotopic (exact) mass is 304 g/mol. The van der Waals surface area contributed by atoms with Gasteiger partial charge in [0.15, 0.2) is 0 Å². The predicted octanol–water partition coefficient (Wildman–Crippen LogP) is 3.56. The number of sulfonamides is 1. The highest BCUT2D eigenvalue weighted by atomic mass is 35.5. The summed E-state index contributed by atoms with van der Waals surface area (Å²) in [6.45, 7) is 7.39. The maximum Gasteiger partial charge on any atom is 0.229 e. The van der Waals surface area contributed by atoms with E-state index in [2.05, 4.69) is 30.8 Å². The lowest BCUT2D eigenvalue weighted by Crippen LogP contribution is -2.13. The summed E-state index contributed by atoms with van der Waals surface area (Å²) in [5.41, 5.74) is 1.55. The third-order valence-corrected chi connectivity index (χ3v) is 3.37. The minimum atomic E-state index is -3.30. The fourth-order valence-electron chi connectivity index (χ4n) is 1.49. The zero-order valence-electron chi connectivity index (χ0n) is 11.7. The van der Waals surface area contributed by atoms with E-state index in [4.69, 9.17) is 11.6 Å². The second kappa shape index (κ2) is 6.01.